The fourth-order valence-electron chi connectivity index (χ4n) is 2.48. The predicted octanol–water partition coefficient (Wildman–Crippen LogP) is 1.77. The monoisotopic (exact) mass is 372 g/mol. The number of benzene rings is 1. The van der Waals surface area contributed by atoms with E-state index in [0.717, 1.165) is 0 Å². The van der Waals surface area contributed by atoms with Crippen molar-refractivity contribution in [2.24, 2.45) is 7.05 Å². The van der Waals surface area contributed by atoms with E-state index < -0.39 is 0 Å². The minimum atomic E-state index is -0.175. The summed E-state index contributed by atoms with van der Waals surface area (Å²) in [5.41, 5.74) is 0.585. The Bertz CT molecular complexity index is 1130. The van der Waals surface area contributed by atoms with Crippen molar-refractivity contribution in [1.29, 1.82) is 0 Å². The molecule has 3 heterocycles. The molecule has 0 aliphatic rings. The number of fused-ring (bicyclic) bond motifs is 3. The SMILES string of the molecule is Cn1c(=O)c2ccccc2n2c(SCC(=O)Nc3nccs3)nnc12. The summed E-state index contributed by atoms with van der Waals surface area (Å²) in [6, 6.07) is 7.27. The lowest BCUT2D eigenvalue weighted by Crippen LogP contribution is -2.20. The number of hydrogen-bond donors (Lipinski definition) is 1. The lowest BCUT2D eigenvalue weighted by atomic mass is 10.2. The Morgan fingerprint density at radius 3 is 2.96 bits per heavy atom. The van der Waals surface area contributed by atoms with E-state index in [-0.39, 0.29) is 17.2 Å². The number of anilines is 1. The smallest absolute Gasteiger partial charge is 0.262 e. The molecule has 8 nitrogen and oxygen atoms in total. The van der Waals surface area contributed by atoms with Crippen LogP contribution in [0.2, 0.25) is 0 Å². The first-order valence-corrected chi connectivity index (χ1v) is 9.16. The molecule has 0 fully saturated rings. The number of aromatic nitrogens is 5. The fourth-order valence-corrected chi connectivity index (χ4v) is 3.76. The Morgan fingerprint density at radius 2 is 2.16 bits per heavy atom. The van der Waals surface area contributed by atoms with Crippen molar-refractivity contribution in [3.8, 4) is 0 Å². The zero-order chi connectivity index (χ0) is 17.4. The van der Waals surface area contributed by atoms with Crippen LogP contribution in [0.25, 0.3) is 16.7 Å². The Labute approximate surface area is 149 Å². The van der Waals surface area contributed by atoms with E-state index in [0.29, 0.717) is 27.0 Å². The highest BCUT2D eigenvalue weighted by molar-refractivity contribution is 7.99. The van der Waals surface area contributed by atoms with Crippen LogP contribution in [0.1, 0.15) is 0 Å². The molecule has 25 heavy (non-hydrogen) atoms. The number of carbonyl (C=O) groups is 1. The van der Waals surface area contributed by atoms with Gasteiger partial charge in [0.1, 0.15) is 0 Å². The molecule has 3 aromatic heterocycles. The van der Waals surface area contributed by atoms with Crippen LogP contribution in [0.4, 0.5) is 5.13 Å². The van der Waals surface area contributed by atoms with Crippen molar-refractivity contribution in [2.45, 2.75) is 5.16 Å². The van der Waals surface area contributed by atoms with Gasteiger partial charge in [-0.05, 0) is 12.1 Å². The number of aryl methyl sites for hydroxylation is 1. The summed E-state index contributed by atoms with van der Waals surface area (Å²) in [5.74, 6) is 0.426. The highest BCUT2D eigenvalue weighted by atomic mass is 32.2. The maximum Gasteiger partial charge on any atom is 0.262 e. The molecule has 0 aliphatic carbocycles. The van der Waals surface area contributed by atoms with Gasteiger partial charge in [-0.25, -0.2) is 4.98 Å². The van der Waals surface area contributed by atoms with E-state index >= 15 is 0 Å². The van der Waals surface area contributed by atoms with E-state index in [2.05, 4.69) is 20.5 Å². The number of hydrogen-bond acceptors (Lipinski definition) is 7. The van der Waals surface area contributed by atoms with Gasteiger partial charge < -0.3 is 5.32 Å². The van der Waals surface area contributed by atoms with Crippen molar-refractivity contribution in [3.05, 3.63) is 46.2 Å². The van der Waals surface area contributed by atoms with Gasteiger partial charge in [0.25, 0.3) is 5.56 Å². The van der Waals surface area contributed by atoms with Crippen LogP contribution in [-0.2, 0) is 11.8 Å². The second-order valence-electron chi connectivity index (χ2n) is 5.17. The molecule has 0 saturated heterocycles. The van der Waals surface area contributed by atoms with Crippen LogP contribution in [0.3, 0.4) is 0 Å². The molecule has 0 saturated carbocycles. The van der Waals surface area contributed by atoms with E-state index in [1.165, 1.54) is 27.7 Å². The fraction of sp³-hybridized carbons (Fsp3) is 0.133. The zero-order valence-corrected chi connectivity index (χ0v) is 14.7. The number of thioether (sulfide) groups is 1. The molecule has 0 bridgehead atoms. The molecule has 10 heteroatoms. The third-order valence-electron chi connectivity index (χ3n) is 3.61. The summed E-state index contributed by atoms with van der Waals surface area (Å²) < 4.78 is 3.24. The van der Waals surface area contributed by atoms with Crippen LogP contribution < -0.4 is 10.9 Å². The van der Waals surface area contributed by atoms with Gasteiger partial charge in [-0.15, -0.1) is 21.5 Å². The molecular formula is C15H12N6O2S2. The van der Waals surface area contributed by atoms with Crippen LogP contribution in [-0.4, -0.2) is 35.8 Å². The summed E-state index contributed by atoms with van der Waals surface area (Å²) in [7, 11) is 1.66. The molecule has 0 aliphatic heterocycles. The van der Waals surface area contributed by atoms with E-state index in [4.69, 9.17) is 0 Å². The van der Waals surface area contributed by atoms with Crippen LogP contribution >= 0.6 is 23.1 Å². The third kappa shape index (κ3) is 2.79. The zero-order valence-electron chi connectivity index (χ0n) is 13.0. The molecule has 4 aromatic rings. The first-order chi connectivity index (χ1) is 12.1. The average molecular weight is 372 g/mol. The van der Waals surface area contributed by atoms with Gasteiger partial charge in [0.05, 0.1) is 16.7 Å². The molecule has 0 atom stereocenters. The van der Waals surface area contributed by atoms with Crippen molar-refractivity contribution in [1.82, 2.24) is 24.1 Å². The Balaban J connectivity index is 1.69. The molecule has 0 unspecified atom stereocenters. The summed E-state index contributed by atoms with van der Waals surface area (Å²) in [6.07, 6.45) is 1.63. The normalized spacial score (nSPS) is 11.2. The summed E-state index contributed by atoms with van der Waals surface area (Å²) in [4.78, 5) is 28.5. The number of thiazole rings is 1. The van der Waals surface area contributed by atoms with Crippen molar-refractivity contribution < 1.29 is 4.79 Å². The van der Waals surface area contributed by atoms with Crippen molar-refractivity contribution >= 4 is 50.8 Å². The van der Waals surface area contributed by atoms with Gasteiger partial charge in [0, 0.05) is 18.6 Å². The second-order valence-corrected chi connectivity index (χ2v) is 7.01. The van der Waals surface area contributed by atoms with Gasteiger partial charge >= 0.3 is 0 Å². The molecule has 4 rings (SSSR count). The third-order valence-corrected chi connectivity index (χ3v) is 5.22. The first-order valence-electron chi connectivity index (χ1n) is 7.30. The molecule has 1 aromatic carbocycles. The maximum absolute atomic E-state index is 12.4. The van der Waals surface area contributed by atoms with E-state index in [1.807, 2.05) is 18.2 Å². The van der Waals surface area contributed by atoms with Crippen LogP contribution in [0, 0.1) is 0 Å². The molecule has 126 valence electrons. The highest BCUT2D eigenvalue weighted by Gasteiger charge is 2.16. The highest BCUT2D eigenvalue weighted by Crippen LogP contribution is 2.21. The summed E-state index contributed by atoms with van der Waals surface area (Å²) in [5, 5.41) is 14.4. The summed E-state index contributed by atoms with van der Waals surface area (Å²) >= 11 is 2.61. The second kappa shape index (κ2) is 6.30. The maximum atomic E-state index is 12.4. The van der Waals surface area contributed by atoms with Gasteiger partial charge in [-0.1, -0.05) is 23.9 Å². The Morgan fingerprint density at radius 1 is 1.32 bits per heavy atom. The average Bonchev–Trinajstić information content (AvgIpc) is 3.27. The predicted molar refractivity (Wildman–Crippen MR) is 97.2 cm³/mol. The quantitative estimate of drug-likeness (QED) is 0.549. The van der Waals surface area contributed by atoms with Crippen molar-refractivity contribution in [2.75, 3.05) is 11.1 Å². The van der Waals surface area contributed by atoms with Gasteiger partial charge in [-0.2, -0.15) is 0 Å². The number of nitrogens with one attached hydrogen (secondary N) is 1. The first kappa shape index (κ1) is 15.8. The van der Waals surface area contributed by atoms with Gasteiger partial charge in [0.2, 0.25) is 11.7 Å². The van der Waals surface area contributed by atoms with E-state index in [9.17, 15) is 9.59 Å². The topological polar surface area (TPSA) is 94.2 Å². The van der Waals surface area contributed by atoms with Gasteiger partial charge in [0.15, 0.2) is 10.3 Å². The Kier molecular flexibility index (Phi) is 3.98. The van der Waals surface area contributed by atoms with Gasteiger partial charge in [-0.3, -0.25) is 18.6 Å². The molecule has 0 spiro atoms. The molecule has 1 amide bonds. The lowest BCUT2D eigenvalue weighted by Gasteiger charge is -2.07. The molecule has 1 N–H and O–H groups in total. The number of rotatable bonds is 4. The minimum Gasteiger partial charge on any atom is -0.301 e. The summed E-state index contributed by atoms with van der Waals surface area (Å²) in [6.45, 7) is 0. The lowest BCUT2D eigenvalue weighted by molar-refractivity contribution is -0.113. The standard InChI is InChI=1S/C15H12N6O2S2/c1-20-12(23)9-4-2-3-5-10(9)21-14(20)18-19-15(21)25-8-11(22)17-13-16-6-7-24-13/h2-7H,8H2,1H3,(H,16,17,22). The number of amides is 1. The van der Waals surface area contributed by atoms with Crippen LogP contribution in [0.15, 0.2) is 45.8 Å². The van der Waals surface area contributed by atoms with Crippen molar-refractivity contribution in [3.63, 3.8) is 0 Å². The number of nitrogens with zero attached hydrogens (tertiary/aromatic N) is 5. The Hall–Kier alpha value is -2.72. The van der Waals surface area contributed by atoms with Crippen LogP contribution in [0.5, 0.6) is 0 Å². The number of para-hydroxylation sites is 1. The number of carbonyl (C=O) groups excluding carboxylic acids is 1. The largest absolute Gasteiger partial charge is 0.301 e. The van der Waals surface area contributed by atoms with E-state index in [1.54, 1.807) is 29.1 Å². The molecule has 0 radical (unpaired) electrons. The molecular weight excluding hydrogens is 360 g/mol. The minimum absolute atomic E-state index is 0.131.